The van der Waals surface area contributed by atoms with Gasteiger partial charge in [0.1, 0.15) is 24.2 Å². The molecule has 0 saturated heterocycles. The van der Waals surface area contributed by atoms with Crippen LogP contribution in [-0.2, 0) is 4.79 Å². The van der Waals surface area contributed by atoms with E-state index in [-0.39, 0.29) is 19.1 Å². The van der Waals surface area contributed by atoms with Crippen LogP contribution in [0.4, 0.5) is 0 Å². The monoisotopic (exact) mass is 296 g/mol. The molecule has 0 radical (unpaired) electrons. The number of aliphatic hydroxyl groups is 1. The molecule has 0 fully saturated rings. The number of hydrogen-bond acceptors (Lipinski definition) is 5. The van der Waals surface area contributed by atoms with Crippen molar-refractivity contribution in [2.24, 2.45) is 0 Å². The number of rotatable bonds is 9. The maximum Gasteiger partial charge on any atom is 0.257 e. The number of carbonyl (C=O) groups is 1. The van der Waals surface area contributed by atoms with Crippen molar-refractivity contribution < 1.29 is 19.4 Å². The van der Waals surface area contributed by atoms with Gasteiger partial charge in [0.25, 0.3) is 5.91 Å². The highest BCUT2D eigenvalue weighted by molar-refractivity contribution is 5.77. The third kappa shape index (κ3) is 7.53. The Kier molecular flexibility index (Phi) is 7.56. The van der Waals surface area contributed by atoms with Gasteiger partial charge in [-0.05, 0) is 24.3 Å². The van der Waals surface area contributed by atoms with E-state index in [1.54, 1.807) is 31.3 Å². The molecule has 0 aromatic heterocycles. The van der Waals surface area contributed by atoms with E-state index in [0.29, 0.717) is 24.1 Å². The first-order chi connectivity index (χ1) is 10.0. The molecule has 3 N–H and O–H groups in total. The maximum absolute atomic E-state index is 11.0. The number of benzene rings is 1. The average molecular weight is 296 g/mol. The second kappa shape index (κ2) is 9.20. The van der Waals surface area contributed by atoms with Crippen molar-refractivity contribution in [2.45, 2.75) is 26.0 Å². The molecule has 0 aliphatic carbocycles. The second-order valence-corrected chi connectivity index (χ2v) is 4.96. The number of hydrogen-bond donors (Lipinski definition) is 3. The van der Waals surface area contributed by atoms with Crippen molar-refractivity contribution in [3.8, 4) is 11.5 Å². The Hall–Kier alpha value is -1.79. The number of ether oxygens (including phenoxy) is 2. The molecule has 21 heavy (non-hydrogen) atoms. The molecule has 1 atom stereocenters. The zero-order valence-electron chi connectivity index (χ0n) is 12.8. The molecule has 1 aromatic rings. The van der Waals surface area contributed by atoms with E-state index in [9.17, 15) is 9.90 Å². The van der Waals surface area contributed by atoms with Gasteiger partial charge in [0.2, 0.25) is 0 Å². The smallest absolute Gasteiger partial charge is 0.257 e. The predicted molar refractivity (Wildman–Crippen MR) is 80.6 cm³/mol. The molecular weight excluding hydrogens is 272 g/mol. The summed E-state index contributed by atoms with van der Waals surface area (Å²) in [6.07, 6.45) is -0.559. The highest BCUT2D eigenvalue weighted by Crippen LogP contribution is 2.17. The van der Waals surface area contributed by atoms with Crippen LogP contribution in [0.3, 0.4) is 0 Å². The lowest BCUT2D eigenvalue weighted by Crippen LogP contribution is -2.35. The van der Waals surface area contributed by atoms with Gasteiger partial charge in [-0.15, -0.1) is 0 Å². The summed E-state index contributed by atoms with van der Waals surface area (Å²) >= 11 is 0. The number of amides is 1. The van der Waals surface area contributed by atoms with Crippen LogP contribution in [0.15, 0.2) is 24.3 Å². The standard InChI is InChI=1S/C15H24N2O4/c1-11(2)17-8-12(18)9-20-13-4-6-14(7-5-13)21-10-15(19)16-3/h4-7,11-12,17-18H,8-10H2,1-3H3,(H,16,19). The molecule has 1 aromatic carbocycles. The van der Waals surface area contributed by atoms with Crippen LogP contribution < -0.4 is 20.1 Å². The highest BCUT2D eigenvalue weighted by Gasteiger charge is 2.06. The van der Waals surface area contributed by atoms with Gasteiger partial charge >= 0.3 is 0 Å². The van der Waals surface area contributed by atoms with Crippen LogP contribution in [-0.4, -0.2) is 50.0 Å². The van der Waals surface area contributed by atoms with Crippen molar-refractivity contribution in [3.05, 3.63) is 24.3 Å². The number of carbonyl (C=O) groups excluding carboxylic acids is 1. The molecule has 0 saturated carbocycles. The normalized spacial score (nSPS) is 12.0. The summed E-state index contributed by atoms with van der Waals surface area (Å²) in [7, 11) is 1.56. The van der Waals surface area contributed by atoms with Gasteiger partial charge in [-0.25, -0.2) is 0 Å². The lowest BCUT2D eigenvalue weighted by atomic mass is 10.3. The molecule has 118 valence electrons. The minimum Gasteiger partial charge on any atom is -0.491 e. The summed E-state index contributed by atoms with van der Waals surface area (Å²) in [6, 6.07) is 7.24. The fourth-order valence-corrected chi connectivity index (χ4v) is 1.48. The van der Waals surface area contributed by atoms with Gasteiger partial charge in [0.15, 0.2) is 6.61 Å². The summed E-state index contributed by atoms with van der Waals surface area (Å²) in [5, 5.41) is 15.3. The highest BCUT2D eigenvalue weighted by atomic mass is 16.5. The van der Waals surface area contributed by atoms with E-state index in [4.69, 9.17) is 9.47 Å². The lowest BCUT2D eigenvalue weighted by molar-refractivity contribution is -0.122. The Morgan fingerprint density at radius 1 is 1.19 bits per heavy atom. The maximum atomic E-state index is 11.0. The Labute approximate surface area is 125 Å². The van der Waals surface area contributed by atoms with Crippen LogP contribution in [0.5, 0.6) is 11.5 Å². The van der Waals surface area contributed by atoms with Crippen LogP contribution in [0, 0.1) is 0 Å². The Bertz CT molecular complexity index is 420. The number of nitrogens with one attached hydrogen (secondary N) is 2. The van der Waals surface area contributed by atoms with Crippen molar-refractivity contribution in [3.63, 3.8) is 0 Å². The molecule has 0 spiro atoms. The van der Waals surface area contributed by atoms with E-state index in [0.717, 1.165) is 0 Å². The van der Waals surface area contributed by atoms with Gasteiger partial charge in [-0.2, -0.15) is 0 Å². The Balaban J connectivity index is 2.32. The van der Waals surface area contributed by atoms with E-state index in [1.807, 2.05) is 13.8 Å². The lowest BCUT2D eigenvalue weighted by Gasteiger charge is -2.15. The SMILES string of the molecule is CNC(=O)COc1ccc(OCC(O)CNC(C)C)cc1. The molecule has 0 heterocycles. The minimum atomic E-state index is -0.559. The Morgan fingerprint density at radius 2 is 1.76 bits per heavy atom. The zero-order valence-corrected chi connectivity index (χ0v) is 12.8. The van der Waals surface area contributed by atoms with Crippen molar-refractivity contribution in [1.29, 1.82) is 0 Å². The van der Waals surface area contributed by atoms with Crippen LogP contribution in [0.1, 0.15) is 13.8 Å². The fourth-order valence-electron chi connectivity index (χ4n) is 1.48. The van der Waals surface area contributed by atoms with Gasteiger partial charge in [0.05, 0.1) is 0 Å². The summed E-state index contributed by atoms with van der Waals surface area (Å²) < 4.78 is 10.8. The third-order valence-corrected chi connectivity index (χ3v) is 2.68. The van der Waals surface area contributed by atoms with Crippen LogP contribution in [0.2, 0.25) is 0 Å². The second-order valence-electron chi connectivity index (χ2n) is 4.96. The summed E-state index contributed by atoms with van der Waals surface area (Å²) in [6.45, 7) is 4.73. The third-order valence-electron chi connectivity index (χ3n) is 2.68. The first-order valence-electron chi connectivity index (χ1n) is 6.99. The zero-order chi connectivity index (χ0) is 15.7. The summed E-state index contributed by atoms with van der Waals surface area (Å²) in [5.74, 6) is 1.05. The predicted octanol–water partition coefficient (Wildman–Crippen LogP) is 0.549. The fraction of sp³-hybridized carbons (Fsp3) is 0.533. The van der Waals surface area contributed by atoms with E-state index >= 15 is 0 Å². The van der Waals surface area contributed by atoms with Crippen LogP contribution >= 0.6 is 0 Å². The summed E-state index contributed by atoms with van der Waals surface area (Å²) in [4.78, 5) is 11.0. The quantitative estimate of drug-likeness (QED) is 0.620. The van der Waals surface area contributed by atoms with Gasteiger partial charge < -0.3 is 25.2 Å². The van der Waals surface area contributed by atoms with E-state index in [2.05, 4.69) is 10.6 Å². The molecule has 1 amide bonds. The minimum absolute atomic E-state index is 0.0176. The first-order valence-corrected chi connectivity index (χ1v) is 6.99. The van der Waals surface area contributed by atoms with Gasteiger partial charge in [-0.1, -0.05) is 13.8 Å². The topological polar surface area (TPSA) is 79.8 Å². The number of likely N-dealkylation sites (N-methyl/N-ethyl adjacent to an activating group) is 1. The first kappa shape index (κ1) is 17.3. The molecule has 1 rings (SSSR count). The molecule has 0 aliphatic rings. The molecule has 1 unspecified atom stereocenters. The molecular formula is C15H24N2O4. The van der Waals surface area contributed by atoms with Gasteiger partial charge in [0, 0.05) is 19.6 Å². The van der Waals surface area contributed by atoms with Crippen molar-refractivity contribution >= 4 is 5.91 Å². The molecule has 6 heteroatoms. The van der Waals surface area contributed by atoms with Crippen molar-refractivity contribution in [1.82, 2.24) is 10.6 Å². The van der Waals surface area contributed by atoms with E-state index in [1.165, 1.54) is 0 Å². The van der Waals surface area contributed by atoms with Crippen molar-refractivity contribution in [2.75, 3.05) is 26.8 Å². The van der Waals surface area contributed by atoms with Crippen LogP contribution in [0.25, 0.3) is 0 Å². The number of aliphatic hydroxyl groups excluding tert-OH is 1. The largest absolute Gasteiger partial charge is 0.491 e. The Morgan fingerprint density at radius 3 is 2.29 bits per heavy atom. The van der Waals surface area contributed by atoms with E-state index < -0.39 is 6.10 Å². The molecule has 0 bridgehead atoms. The molecule has 0 aliphatic heterocycles. The van der Waals surface area contributed by atoms with Gasteiger partial charge in [-0.3, -0.25) is 4.79 Å². The summed E-state index contributed by atoms with van der Waals surface area (Å²) in [5.41, 5.74) is 0. The molecule has 6 nitrogen and oxygen atoms in total. The average Bonchev–Trinajstić information content (AvgIpc) is 2.49.